The normalized spacial score (nSPS) is 11.4. The van der Waals surface area contributed by atoms with E-state index in [9.17, 15) is 13.2 Å². The Hall–Kier alpha value is -2.25. The number of alkyl halides is 3. The van der Waals surface area contributed by atoms with Gasteiger partial charge in [0.15, 0.2) is 0 Å². The summed E-state index contributed by atoms with van der Waals surface area (Å²) in [6.45, 7) is 0.156. The number of ether oxygens (including phenoxy) is 1. The summed E-state index contributed by atoms with van der Waals surface area (Å²) < 4.78 is 45.2. The first-order valence-electron chi connectivity index (χ1n) is 5.74. The summed E-state index contributed by atoms with van der Waals surface area (Å²) in [6.07, 6.45) is -2.83. The van der Waals surface area contributed by atoms with Crippen LogP contribution in [0.5, 0.6) is 5.75 Å². The van der Waals surface area contributed by atoms with Crippen LogP contribution < -0.4 is 10.1 Å². The minimum absolute atomic E-state index is 0.0241. The van der Waals surface area contributed by atoms with E-state index >= 15 is 0 Å². The molecule has 20 heavy (non-hydrogen) atoms. The molecular weight excluding hydrogens is 273 g/mol. The van der Waals surface area contributed by atoms with Gasteiger partial charge in [0.05, 0.1) is 19.2 Å². The number of hydrogen-bond acceptors (Lipinski definition) is 4. The van der Waals surface area contributed by atoms with Gasteiger partial charge in [0.25, 0.3) is 0 Å². The quantitative estimate of drug-likeness (QED) is 0.938. The third-order valence-corrected chi connectivity index (χ3v) is 2.64. The molecule has 0 radical (unpaired) electrons. The highest BCUT2D eigenvalue weighted by atomic mass is 19.4. The highest BCUT2D eigenvalue weighted by Gasteiger charge is 2.34. The van der Waals surface area contributed by atoms with Gasteiger partial charge in [0, 0.05) is 18.9 Å². The molecule has 1 aromatic heterocycles. The number of aryl methyl sites for hydroxylation is 1. The number of rotatable bonds is 4. The van der Waals surface area contributed by atoms with Crippen LogP contribution in [0.4, 0.5) is 18.9 Å². The summed E-state index contributed by atoms with van der Waals surface area (Å²) in [5.74, 6) is 0.155. The van der Waals surface area contributed by atoms with Crippen LogP contribution in [0.25, 0.3) is 0 Å². The summed E-state index contributed by atoms with van der Waals surface area (Å²) in [5.41, 5.74) is -0.249. The molecule has 8 heteroatoms. The standard InChI is InChI=1S/C12H13F3N4O/c1-19-7-8(17-18-19)6-16-11-4-3-9(20-2)5-10(11)12(13,14)15/h3-5,7,16H,6H2,1-2H3. The first kappa shape index (κ1) is 14.2. The molecule has 0 fully saturated rings. The van der Waals surface area contributed by atoms with Crippen LogP contribution in [0.1, 0.15) is 11.3 Å². The lowest BCUT2D eigenvalue weighted by molar-refractivity contribution is -0.137. The lowest BCUT2D eigenvalue weighted by Crippen LogP contribution is -2.11. The van der Waals surface area contributed by atoms with Gasteiger partial charge in [-0.05, 0) is 18.2 Å². The van der Waals surface area contributed by atoms with Gasteiger partial charge in [-0.25, -0.2) is 0 Å². The van der Waals surface area contributed by atoms with Gasteiger partial charge >= 0.3 is 6.18 Å². The Morgan fingerprint density at radius 1 is 1.35 bits per heavy atom. The average Bonchev–Trinajstić information content (AvgIpc) is 2.81. The number of benzene rings is 1. The molecule has 2 aromatic rings. The predicted octanol–water partition coefficient (Wildman–Crippen LogP) is 2.45. The van der Waals surface area contributed by atoms with E-state index in [4.69, 9.17) is 4.74 Å². The monoisotopic (exact) mass is 286 g/mol. The van der Waals surface area contributed by atoms with Gasteiger partial charge in [-0.3, -0.25) is 4.68 Å². The zero-order valence-corrected chi connectivity index (χ0v) is 10.9. The maximum Gasteiger partial charge on any atom is 0.418 e. The van der Waals surface area contributed by atoms with E-state index in [0.29, 0.717) is 5.69 Å². The first-order chi connectivity index (χ1) is 9.40. The molecule has 0 bridgehead atoms. The van der Waals surface area contributed by atoms with Crippen molar-refractivity contribution in [3.05, 3.63) is 35.7 Å². The molecule has 0 atom stereocenters. The lowest BCUT2D eigenvalue weighted by Gasteiger charge is -2.15. The van der Waals surface area contributed by atoms with E-state index in [1.54, 1.807) is 13.2 Å². The fourth-order valence-electron chi connectivity index (χ4n) is 1.70. The number of nitrogens with one attached hydrogen (secondary N) is 1. The Bertz CT molecular complexity index is 595. The Kier molecular flexibility index (Phi) is 3.82. The number of methoxy groups -OCH3 is 1. The van der Waals surface area contributed by atoms with Gasteiger partial charge in [-0.1, -0.05) is 5.21 Å². The van der Waals surface area contributed by atoms with Crippen LogP contribution in [-0.2, 0) is 19.8 Å². The van der Waals surface area contributed by atoms with Gasteiger partial charge in [0.2, 0.25) is 0 Å². The second-order valence-electron chi connectivity index (χ2n) is 4.15. The average molecular weight is 286 g/mol. The van der Waals surface area contributed by atoms with E-state index in [-0.39, 0.29) is 18.0 Å². The van der Waals surface area contributed by atoms with Crippen molar-refractivity contribution in [3.8, 4) is 5.75 Å². The van der Waals surface area contributed by atoms with Crippen molar-refractivity contribution in [1.82, 2.24) is 15.0 Å². The number of halogens is 3. The van der Waals surface area contributed by atoms with Crippen LogP contribution in [0.15, 0.2) is 24.4 Å². The highest BCUT2D eigenvalue weighted by Crippen LogP contribution is 2.37. The van der Waals surface area contributed by atoms with E-state index in [0.717, 1.165) is 6.07 Å². The van der Waals surface area contributed by atoms with Gasteiger partial charge in [-0.15, -0.1) is 5.10 Å². The minimum Gasteiger partial charge on any atom is -0.497 e. The SMILES string of the molecule is COc1ccc(NCc2cn(C)nn2)c(C(F)(F)F)c1. The summed E-state index contributed by atoms with van der Waals surface area (Å²) in [7, 11) is 3.01. The molecule has 1 heterocycles. The lowest BCUT2D eigenvalue weighted by atomic mass is 10.1. The van der Waals surface area contributed by atoms with E-state index in [2.05, 4.69) is 15.6 Å². The molecule has 0 aliphatic carbocycles. The van der Waals surface area contributed by atoms with Crippen molar-refractivity contribution >= 4 is 5.69 Å². The van der Waals surface area contributed by atoms with Crippen molar-refractivity contribution in [2.75, 3.05) is 12.4 Å². The molecule has 2 rings (SSSR count). The fourth-order valence-corrected chi connectivity index (χ4v) is 1.70. The first-order valence-corrected chi connectivity index (χ1v) is 5.74. The number of hydrogen-bond donors (Lipinski definition) is 1. The van der Waals surface area contributed by atoms with Crippen molar-refractivity contribution in [1.29, 1.82) is 0 Å². The number of aromatic nitrogens is 3. The zero-order chi connectivity index (χ0) is 14.8. The topological polar surface area (TPSA) is 52.0 Å². The maximum atomic E-state index is 13.0. The summed E-state index contributed by atoms with van der Waals surface area (Å²) in [6, 6.07) is 3.76. The largest absolute Gasteiger partial charge is 0.497 e. The molecule has 5 nitrogen and oxygen atoms in total. The van der Waals surface area contributed by atoms with Crippen molar-refractivity contribution in [2.45, 2.75) is 12.7 Å². The third kappa shape index (κ3) is 3.19. The summed E-state index contributed by atoms with van der Waals surface area (Å²) >= 11 is 0. The molecular formula is C12H13F3N4O. The van der Waals surface area contributed by atoms with E-state index in [1.165, 1.54) is 23.9 Å². The molecule has 0 amide bonds. The molecule has 0 aliphatic rings. The maximum absolute atomic E-state index is 13.0. The molecule has 0 aliphatic heterocycles. The van der Waals surface area contributed by atoms with E-state index in [1.807, 2.05) is 0 Å². The highest BCUT2D eigenvalue weighted by molar-refractivity contribution is 5.55. The summed E-state index contributed by atoms with van der Waals surface area (Å²) in [5, 5.41) is 10.2. The van der Waals surface area contributed by atoms with Gasteiger partial charge < -0.3 is 10.1 Å². The van der Waals surface area contributed by atoms with Crippen LogP contribution in [0.3, 0.4) is 0 Å². The molecule has 1 N–H and O–H groups in total. The molecule has 0 saturated heterocycles. The van der Waals surface area contributed by atoms with Gasteiger partial charge in [0.1, 0.15) is 11.4 Å². The molecule has 108 valence electrons. The van der Waals surface area contributed by atoms with Crippen LogP contribution in [0, 0.1) is 0 Å². The van der Waals surface area contributed by atoms with Crippen molar-refractivity contribution in [2.24, 2.45) is 7.05 Å². The van der Waals surface area contributed by atoms with Gasteiger partial charge in [-0.2, -0.15) is 13.2 Å². The number of anilines is 1. The fraction of sp³-hybridized carbons (Fsp3) is 0.333. The zero-order valence-electron chi connectivity index (χ0n) is 10.9. The van der Waals surface area contributed by atoms with Crippen LogP contribution in [-0.4, -0.2) is 22.1 Å². The molecule has 0 unspecified atom stereocenters. The number of nitrogens with zero attached hydrogens (tertiary/aromatic N) is 3. The minimum atomic E-state index is -4.46. The van der Waals surface area contributed by atoms with E-state index < -0.39 is 11.7 Å². The summed E-state index contributed by atoms with van der Waals surface area (Å²) in [4.78, 5) is 0. The Morgan fingerprint density at radius 2 is 2.10 bits per heavy atom. The molecule has 0 saturated carbocycles. The van der Waals surface area contributed by atoms with Crippen molar-refractivity contribution in [3.63, 3.8) is 0 Å². The Balaban J connectivity index is 2.22. The smallest absolute Gasteiger partial charge is 0.418 e. The van der Waals surface area contributed by atoms with Crippen molar-refractivity contribution < 1.29 is 17.9 Å². The molecule has 0 spiro atoms. The molecule has 1 aromatic carbocycles. The predicted molar refractivity (Wildman–Crippen MR) is 66.3 cm³/mol. The second kappa shape index (κ2) is 5.40. The van der Waals surface area contributed by atoms with Crippen LogP contribution in [0.2, 0.25) is 0 Å². The Morgan fingerprint density at radius 3 is 2.65 bits per heavy atom. The third-order valence-electron chi connectivity index (χ3n) is 2.64. The Labute approximate surface area is 113 Å². The van der Waals surface area contributed by atoms with Crippen LogP contribution >= 0.6 is 0 Å². The second-order valence-corrected chi connectivity index (χ2v) is 4.15.